The molecule has 140 valence electrons. The summed E-state index contributed by atoms with van der Waals surface area (Å²) in [7, 11) is 0. The second-order valence-electron chi connectivity index (χ2n) is 6.05. The molecule has 2 N–H and O–H groups in total. The number of hydrogen-bond acceptors (Lipinski definition) is 5. The standard InChI is InChI=1S/C20H22N4O2S/c1-3-15-6-10-17(11-7-15)26-12-18-22-20(24-23-18)27-13-19(25)21-16-8-4-14(2)5-9-16/h4-11H,3,12-13H2,1-2H3,(H,21,25)(H,22,23,24). The number of H-pyrrole nitrogens is 1. The predicted molar refractivity (Wildman–Crippen MR) is 107 cm³/mol. The Morgan fingerprint density at radius 3 is 2.59 bits per heavy atom. The van der Waals surface area contributed by atoms with Gasteiger partial charge in [0.15, 0.2) is 5.82 Å². The van der Waals surface area contributed by atoms with Crippen molar-refractivity contribution < 1.29 is 9.53 Å². The van der Waals surface area contributed by atoms with E-state index >= 15 is 0 Å². The molecule has 1 aromatic heterocycles. The van der Waals surface area contributed by atoms with Gasteiger partial charge in [-0.25, -0.2) is 4.98 Å². The maximum Gasteiger partial charge on any atom is 0.234 e. The van der Waals surface area contributed by atoms with Crippen molar-refractivity contribution in [3.8, 4) is 5.75 Å². The van der Waals surface area contributed by atoms with E-state index in [1.807, 2.05) is 55.5 Å². The fourth-order valence-corrected chi connectivity index (χ4v) is 2.96. The van der Waals surface area contributed by atoms with Crippen LogP contribution in [0.3, 0.4) is 0 Å². The summed E-state index contributed by atoms with van der Waals surface area (Å²) in [6.45, 7) is 4.42. The van der Waals surface area contributed by atoms with Crippen LogP contribution >= 0.6 is 11.8 Å². The van der Waals surface area contributed by atoms with E-state index in [0.29, 0.717) is 17.6 Å². The van der Waals surface area contributed by atoms with Gasteiger partial charge in [0.2, 0.25) is 11.1 Å². The van der Waals surface area contributed by atoms with Crippen LogP contribution in [0.2, 0.25) is 0 Å². The number of aromatic amines is 1. The Kier molecular flexibility index (Phi) is 6.49. The van der Waals surface area contributed by atoms with Crippen LogP contribution < -0.4 is 10.1 Å². The van der Waals surface area contributed by atoms with Crippen LogP contribution in [-0.2, 0) is 17.8 Å². The van der Waals surface area contributed by atoms with Crippen LogP contribution in [0.5, 0.6) is 5.75 Å². The number of aromatic nitrogens is 3. The number of carbonyl (C=O) groups is 1. The number of benzene rings is 2. The van der Waals surface area contributed by atoms with Gasteiger partial charge in [-0.3, -0.25) is 9.89 Å². The molecular formula is C20H22N4O2S. The van der Waals surface area contributed by atoms with Gasteiger partial charge in [-0.1, -0.05) is 48.5 Å². The molecule has 0 spiro atoms. The second kappa shape index (κ2) is 9.23. The molecule has 0 radical (unpaired) electrons. The Labute approximate surface area is 162 Å². The van der Waals surface area contributed by atoms with E-state index in [1.54, 1.807) is 0 Å². The lowest BCUT2D eigenvalue weighted by Gasteiger charge is -2.04. The van der Waals surface area contributed by atoms with Gasteiger partial charge in [0.25, 0.3) is 0 Å². The minimum atomic E-state index is -0.0949. The molecule has 0 bridgehead atoms. The highest BCUT2D eigenvalue weighted by atomic mass is 32.2. The van der Waals surface area contributed by atoms with Crippen molar-refractivity contribution >= 4 is 23.4 Å². The first-order valence-electron chi connectivity index (χ1n) is 8.74. The molecule has 3 rings (SSSR count). The second-order valence-corrected chi connectivity index (χ2v) is 7.00. The van der Waals surface area contributed by atoms with Crippen LogP contribution in [0.25, 0.3) is 0 Å². The van der Waals surface area contributed by atoms with Gasteiger partial charge in [0.1, 0.15) is 12.4 Å². The molecule has 7 heteroatoms. The molecule has 0 fully saturated rings. The van der Waals surface area contributed by atoms with Gasteiger partial charge in [-0.2, -0.15) is 0 Å². The lowest BCUT2D eigenvalue weighted by molar-refractivity contribution is -0.113. The van der Waals surface area contributed by atoms with Crippen molar-refractivity contribution in [1.82, 2.24) is 15.2 Å². The van der Waals surface area contributed by atoms with Gasteiger partial charge in [-0.15, -0.1) is 5.10 Å². The fourth-order valence-electron chi connectivity index (χ4n) is 2.34. The molecule has 0 saturated heterocycles. The number of nitrogens with zero attached hydrogens (tertiary/aromatic N) is 2. The summed E-state index contributed by atoms with van der Waals surface area (Å²) in [6.07, 6.45) is 1.00. The minimum Gasteiger partial charge on any atom is -0.486 e. The zero-order chi connectivity index (χ0) is 19.1. The van der Waals surface area contributed by atoms with E-state index in [9.17, 15) is 4.79 Å². The summed E-state index contributed by atoms with van der Waals surface area (Å²) in [5, 5.41) is 10.3. The number of rotatable bonds is 8. The highest BCUT2D eigenvalue weighted by molar-refractivity contribution is 7.99. The van der Waals surface area contributed by atoms with Gasteiger partial charge in [0, 0.05) is 5.69 Å². The average Bonchev–Trinajstić information content (AvgIpc) is 3.15. The molecule has 27 heavy (non-hydrogen) atoms. The summed E-state index contributed by atoms with van der Waals surface area (Å²) in [5.41, 5.74) is 3.20. The predicted octanol–water partition coefficient (Wildman–Crippen LogP) is 3.99. The Morgan fingerprint density at radius 1 is 1.15 bits per heavy atom. The molecule has 1 amide bonds. The number of hydrogen-bond donors (Lipinski definition) is 2. The number of anilines is 1. The molecule has 0 aliphatic heterocycles. The number of nitrogens with one attached hydrogen (secondary N) is 2. The third-order valence-corrected chi connectivity index (χ3v) is 4.73. The number of thioether (sulfide) groups is 1. The van der Waals surface area contributed by atoms with E-state index in [0.717, 1.165) is 23.4 Å². The normalized spacial score (nSPS) is 10.6. The molecule has 0 atom stereocenters. The van der Waals surface area contributed by atoms with Crippen LogP contribution in [-0.4, -0.2) is 26.8 Å². The first-order chi connectivity index (χ1) is 13.1. The Bertz CT molecular complexity index is 876. The molecule has 6 nitrogen and oxygen atoms in total. The van der Waals surface area contributed by atoms with Crippen molar-refractivity contribution in [2.24, 2.45) is 0 Å². The molecule has 3 aromatic rings. The molecule has 0 aliphatic rings. The first-order valence-corrected chi connectivity index (χ1v) is 9.73. The Balaban J connectivity index is 1.44. The molecule has 0 unspecified atom stereocenters. The minimum absolute atomic E-state index is 0.0949. The van der Waals surface area contributed by atoms with Crippen molar-refractivity contribution in [3.05, 3.63) is 65.5 Å². The number of amides is 1. The lowest BCUT2D eigenvalue weighted by atomic mass is 10.2. The smallest absolute Gasteiger partial charge is 0.234 e. The van der Waals surface area contributed by atoms with Crippen molar-refractivity contribution in [2.75, 3.05) is 11.1 Å². The van der Waals surface area contributed by atoms with Crippen LogP contribution in [0.15, 0.2) is 53.7 Å². The summed E-state index contributed by atoms with van der Waals surface area (Å²) in [4.78, 5) is 16.4. The van der Waals surface area contributed by atoms with Crippen molar-refractivity contribution in [3.63, 3.8) is 0 Å². The highest BCUT2D eigenvalue weighted by Gasteiger charge is 2.09. The van der Waals surface area contributed by atoms with Gasteiger partial charge in [-0.05, 0) is 43.2 Å². The largest absolute Gasteiger partial charge is 0.486 e. The zero-order valence-corrected chi connectivity index (χ0v) is 16.2. The number of aryl methyl sites for hydroxylation is 2. The van der Waals surface area contributed by atoms with Crippen LogP contribution in [0.1, 0.15) is 23.9 Å². The van der Waals surface area contributed by atoms with E-state index in [2.05, 4.69) is 27.4 Å². The third-order valence-electron chi connectivity index (χ3n) is 3.89. The molecule has 1 heterocycles. The van der Waals surface area contributed by atoms with Gasteiger partial charge in [0.05, 0.1) is 5.75 Å². The fraction of sp³-hybridized carbons (Fsp3) is 0.250. The maximum atomic E-state index is 12.0. The zero-order valence-electron chi connectivity index (χ0n) is 15.4. The topological polar surface area (TPSA) is 79.9 Å². The summed E-state index contributed by atoms with van der Waals surface area (Å²) < 4.78 is 5.70. The van der Waals surface area contributed by atoms with E-state index in [4.69, 9.17) is 4.74 Å². The molecule has 0 aliphatic carbocycles. The molecular weight excluding hydrogens is 360 g/mol. The monoisotopic (exact) mass is 382 g/mol. The molecule has 0 saturated carbocycles. The third kappa shape index (κ3) is 5.86. The van der Waals surface area contributed by atoms with Crippen molar-refractivity contribution in [1.29, 1.82) is 0 Å². The van der Waals surface area contributed by atoms with Gasteiger partial charge < -0.3 is 10.1 Å². The van der Waals surface area contributed by atoms with E-state index in [1.165, 1.54) is 17.3 Å². The summed E-state index contributed by atoms with van der Waals surface area (Å²) in [6, 6.07) is 15.7. The van der Waals surface area contributed by atoms with Gasteiger partial charge >= 0.3 is 0 Å². The van der Waals surface area contributed by atoms with Crippen LogP contribution in [0.4, 0.5) is 5.69 Å². The van der Waals surface area contributed by atoms with E-state index < -0.39 is 0 Å². The SMILES string of the molecule is CCc1ccc(OCc2nc(SCC(=O)Nc3ccc(C)cc3)n[nH]2)cc1. The average molecular weight is 382 g/mol. The summed E-state index contributed by atoms with van der Waals surface area (Å²) >= 11 is 1.28. The van der Waals surface area contributed by atoms with Crippen molar-refractivity contribution in [2.45, 2.75) is 32.0 Å². The lowest BCUT2D eigenvalue weighted by Crippen LogP contribution is -2.14. The number of carbonyl (C=O) groups excluding carboxylic acids is 1. The summed E-state index contributed by atoms with van der Waals surface area (Å²) in [5.74, 6) is 1.55. The highest BCUT2D eigenvalue weighted by Crippen LogP contribution is 2.16. The quantitative estimate of drug-likeness (QED) is 0.576. The number of ether oxygens (including phenoxy) is 1. The first kappa shape index (κ1) is 19.0. The molecule has 2 aromatic carbocycles. The Hall–Kier alpha value is -2.80. The van der Waals surface area contributed by atoms with E-state index in [-0.39, 0.29) is 11.7 Å². The van der Waals surface area contributed by atoms with Crippen LogP contribution in [0, 0.1) is 6.92 Å². The maximum absolute atomic E-state index is 12.0. The Morgan fingerprint density at radius 2 is 1.89 bits per heavy atom.